The maximum absolute atomic E-state index is 12.0. The van der Waals surface area contributed by atoms with Gasteiger partial charge in [-0.15, -0.1) is 0 Å². The maximum atomic E-state index is 12.0. The first-order valence-electron chi connectivity index (χ1n) is 6.27. The number of carbonyl (C=O) groups is 2. The summed E-state index contributed by atoms with van der Waals surface area (Å²) in [5, 5.41) is 8.84. The van der Waals surface area contributed by atoms with Gasteiger partial charge in [0, 0.05) is 6.42 Å². The van der Waals surface area contributed by atoms with Crippen molar-refractivity contribution in [2.75, 3.05) is 0 Å². The Morgan fingerprint density at radius 2 is 1.95 bits per heavy atom. The second-order valence-corrected chi connectivity index (χ2v) is 4.74. The number of carboxylic acid groups (broad SMARTS) is 1. The maximum Gasteiger partial charge on any atom is 0.343 e. The molecule has 0 fully saturated rings. The molecule has 0 spiro atoms. The predicted molar refractivity (Wildman–Crippen MR) is 72.0 cm³/mol. The van der Waals surface area contributed by atoms with Gasteiger partial charge in [-0.05, 0) is 28.8 Å². The zero-order valence-corrected chi connectivity index (χ0v) is 10.6. The number of esters is 1. The second-order valence-electron chi connectivity index (χ2n) is 4.74. The molecule has 1 aliphatic heterocycles. The molecule has 0 unspecified atom stereocenters. The van der Waals surface area contributed by atoms with E-state index in [1.165, 1.54) is 0 Å². The third-order valence-electron chi connectivity index (χ3n) is 3.30. The molecular weight excluding hydrogens is 256 g/mol. The molecule has 100 valence electrons. The average molecular weight is 268 g/mol. The van der Waals surface area contributed by atoms with E-state index in [4.69, 9.17) is 9.84 Å². The Bertz CT molecular complexity index is 703. The lowest BCUT2D eigenvalue weighted by Crippen LogP contribution is -2.08. The van der Waals surface area contributed by atoms with E-state index in [0.717, 1.165) is 11.1 Å². The van der Waals surface area contributed by atoms with Crippen LogP contribution in [0.4, 0.5) is 0 Å². The molecule has 0 atom stereocenters. The van der Waals surface area contributed by atoms with E-state index in [9.17, 15) is 9.59 Å². The lowest BCUT2D eigenvalue weighted by atomic mass is 9.98. The van der Waals surface area contributed by atoms with E-state index in [2.05, 4.69) is 0 Å². The number of hydrogen-bond donors (Lipinski definition) is 1. The Morgan fingerprint density at radius 3 is 2.75 bits per heavy atom. The van der Waals surface area contributed by atoms with Crippen molar-refractivity contribution in [1.29, 1.82) is 0 Å². The summed E-state index contributed by atoms with van der Waals surface area (Å²) < 4.78 is 5.36. The number of ether oxygens (including phenoxy) is 1. The molecule has 3 rings (SSSR count). The van der Waals surface area contributed by atoms with Crippen LogP contribution in [0.15, 0.2) is 42.5 Å². The normalized spacial score (nSPS) is 12.9. The molecule has 1 N–H and O–H groups in total. The Balaban J connectivity index is 2.04. The summed E-state index contributed by atoms with van der Waals surface area (Å²) in [6.07, 6.45) is 0.521. The van der Waals surface area contributed by atoms with E-state index in [1.54, 1.807) is 30.3 Å². The van der Waals surface area contributed by atoms with Crippen LogP contribution in [0.3, 0.4) is 0 Å². The standard InChI is InChI=1S/C16H12O4/c17-15(18)8-10-5-6-14-12(7-10)9-11-3-1-2-4-13(11)16(19)20-14/h1-7H,8-9H2,(H,17,18). The SMILES string of the molecule is O=C(O)Cc1ccc2c(c1)Cc1ccccc1C(=O)O2. The molecule has 2 aromatic carbocycles. The van der Waals surface area contributed by atoms with Crippen molar-refractivity contribution < 1.29 is 19.4 Å². The van der Waals surface area contributed by atoms with E-state index >= 15 is 0 Å². The van der Waals surface area contributed by atoms with Crippen LogP contribution in [0.2, 0.25) is 0 Å². The van der Waals surface area contributed by atoms with E-state index in [0.29, 0.717) is 23.3 Å². The van der Waals surface area contributed by atoms with Crippen molar-refractivity contribution in [1.82, 2.24) is 0 Å². The fourth-order valence-corrected chi connectivity index (χ4v) is 2.39. The summed E-state index contributed by atoms with van der Waals surface area (Å²) in [6.45, 7) is 0. The van der Waals surface area contributed by atoms with E-state index in [-0.39, 0.29) is 12.4 Å². The minimum absolute atomic E-state index is 0.0388. The van der Waals surface area contributed by atoms with Crippen molar-refractivity contribution >= 4 is 11.9 Å². The predicted octanol–water partition coefficient (Wildman–Crippen LogP) is 2.44. The Morgan fingerprint density at radius 1 is 1.15 bits per heavy atom. The van der Waals surface area contributed by atoms with Gasteiger partial charge in [0.25, 0.3) is 0 Å². The van der Waals surface area contributed by atoms with E-state index < -0.39 is 5.97 Å². The van der Waals surface area contributed by atoms with Gasteiger partial charge in [-0.2, -0.15) is 0 Å². The molecule has 20 heavy (non-hydrogen) atoms. The Labute approximate surface area is 115 Å². The molecule has 0 aromatic heterocycles. The number of hydrogen-bond acceptors (Lipinski definition) is 3. The first-order chi connectivity index (χ1) is 9.63. The molecule has 0 bridgehead atoms. The van der Waals surface area contributed by atoms with Crippen LogP contribution in [-0.2, 0) is 17.6 Å². The van der Waals surface area contributed by atoms with Gasteiger partial charge in [-0.25, -0.2) is 4.79 Å². The van der Waals surface area contributed by atoms with Gasteiger partial charge in [0.05, 0.1) is 12.0 Å². The first kappa shape index (κ1) is 12.4. The highest BCUT2D eigenvalue weighted by atomic mass is 16.5. The molecule has 4 nitrogen and oxygen atoms in total. The zero-order valence-electron chi connectivity index (χ0n) is 10.6. The summed E-state index contributed by atoms with van der Waals surface area (Å²) in [5.74, 6) is -0.748. The largest absolute Gasteiger partial charge is 0.481 e. The van der Waals surface area contributed by atoms with Crippen molar-refractivity contribution in [3.8, 4) is 5.75 Å². The van der Waals surface area contributed by atoms with Crippen LogP contribution in [0.1, 0.15) is 27.0 Å². The summed E-state index contributed by atoms with van der Waals surface area (Å²) in [7, 11) is 0. The van der Waals surface area contributed by atoms with Crippen molar-refractivity contribution in [3.63, 3.8) is 0 Å². The molecular formula is C16H12O4. The van der Waals surface area contributed by atoms with Gasteiger partial charge in [0.2, 0.25) is 0 Å². The number of rotatable bonds is 2. The topological polar surface area (TPSA) is 63.6 Å². The fourth-order valence-electron chi connectivity index (χ4n) is 2.39. The summed E-state index contributed by atoms with van der Waals surface area (Å²) in [5.41, 5.74) is 2.99. The Kier molecular flexibility index (Phi) is 2.99. The van der Waals surface area contributed by atoms with Crippen LogP contribution in [-0.4, -0.2) is 17.0 Å². The zero-order chi connectivity index (χ0) is 14.1. The van der Waals surface area contributed by atoms with Crippen LogP contribution in [0.25, 0.3) is 0 Å². The highest BCUT2D eigenvalue weighted by molar-refractivity contribution is 5.93. The van der Waals surface area contributed by atoms with Crippen molar-refractivity contribution in [2.24, 2.45) is 0 Å². The van der Waals surface area contributed by atoms with Gasteiger partial charge in [-0.1, -0.05) is 30.3 Å². The minimum Gasteiger partial charge on any atom is -0.481 e. The van der Waals surface area contributed by atoms with E-state index in [1.807, 2.05) is 12.1 Å². The molecule has 0 amide bonds. The van der Waals surface area contributed by atoms with Gasteiger partial charge in [0.15, 0.2) is 0 Å². The Hall–Kier alpha value is -2.62. The van der Waals surface area contributed by atoms with Gasteiger partial charge < -0.3 is 9.84 Å². The van der Waals surface area contributed by atoms with Crippen molar-refractivity contribution in [2.45, 2.75) is 12.8 Å². The monoisotopic (exact) mass is 268 g/mol. The number of carbonyl (C=O) groups excluding carboxylic acids is 1. The quantitative estimate of drug-likeness (QED) is 0.671. The molecule has 0 aliphatic carbocycles. The number of fused-ring (bicyclic) bond motifs is 2. The summed E-state index contributed by atoms with van der Waals surface area (Å²) in [6, 6.07) is 12.4. The van der Waals surface area contributed by atoms with Gasteiger partial charge >= 0.3 is 11.9 Å². The molecule has 4 heteroatoms. The van der Waals surface area contributed by atoms with Gasteiger partial charge in [-0.3, -0.25) is 4.79 Å². The highest BCUT2D eigenvalue weighted by Gasteiger charge is 2.21. The molecule has 0 saturated carbocycles. The van der Waals surface area contributed by atoms with Crippen molar-refractivity contribution in [3.05, 3.63) is 64.7 Å². The molecule has 1 aliphatic rings. The van der Waals surface area contributed by atoms with Crippen LogP contribution < -0.4 is 4.74 Å². The average Bonchev–Trinajstić information content (AvgIpc) is 2.54. The third kappa shape index (κ3) is 2.28. The number of aliphatic carboxylic acids is 1. The third-order valence-corrected chi connectivity index (χ3v) is 3.30. The smallest absolute Gasteiger partial charge is 0.343 e. The number of carboxylic acids is 1. The van der Waals surface area contributed by atoms with Crippen LogP contribution in [0.5, 0.6) is 5.75 Å². The molecule has 2 aromatic rings. The van der Waals surface area contributed by atoms with Crippen LogP contribution in [0, 0.1) is 0 Å². The number of benzene rings is 2. The minimum atomic E-state index is -0.879. The molecule has 0 saturated heterocycles. The summed E-state index contributed by atoms with van der Waals surface area (Å²) >= 11 is 0. The second kappa shape index (κ2) is 4.81. The summed E-state index contributed by atoms with van der Waals surface area (Å²) in [4.78, 5) is 22.8. The highest BCUT2D eigenvalue weighted by Crippen LogP contribution is 2.29. The fraction of sp³-hybridized carbons (Fsp3) is 0.125. The lowest BCUT2D eigenvalue weighted by molar-refractivity contribution is -0.136. The lowest BCUT2D eigenvalue weighted by Gasteiger charge is -2.07. The molecule has 1 heterocycles. The van der Waals surface area contributed by atoms with Crippen LogP contribution >= 0.6 is 0 Å². The molecule has 0 radical (unpaired) electrons. The first-order valence-corrected chi connectivity index (χ1v) is 6.27. The van der Waals surface area contributed by atoms with Gasteiger partial charge in [0.1, 0.15) is 5.75 Å².